The average molecular weight is 417 g/mol. The van der Waals surface area contributed by atoms with E-state index in [1.54, 1.807) is 0 Å². The summed E-state index contributed by atoms with van der Waals surface area (Å²) in [6, 6.07) is 0. The third kappa shape index (κ3) is 3.61. The molecule has 1 aromatic heterocycles. The van der Waals surface area contributed by atoms with Gasteiger partial charge in [-0.15, -0.1) is 11.3 Å². The van der Waals surface area contributed by atoms with Crippen molar-refractivity contribution in [1.82, 2.24) is 0 Å². The third-order valence-electron chi connectivity index (χ3n) is 6.88. The normalized spacial score (nSPS) is 30.0. The van der Waals surface area contributed by atoms with E-state index in [9.17, 15) is 19.5 Å². The molecular formula is C22H28N2O4S. The zero-order valence-electron chi connectivity index (χ0n) is 16.6. The lowest BCUT2D eigenvalue weighted by atomic mass is 9.62. The number of carbonyl (C=O) groups is 3. The number of thiophene rings is 1. The first-order valence-corrected chi connectivity index (χ1v) is 11.4. The third-order valence-corrected chi connectivity index (χ3v) is 8.05. The van der Waals surface area contributed by atoms with Gasteiger partial charge < -0.3 is 16.2 Å². The van der Waals surface area contributed by atoms with E-state index in [-0.39, 0.29) is 17.7 Å². The van der Waals surface area contributed by atoms with Crippen molar-refractivity contribution in [2.75, 3.05) is 5.32 Å². The molecule has 156 valence electrons. The fourth-order valence-corrected chi connectivity index (χ4v) is 6.91. The number of rotatable bonds is 6. The van der Waals surface area contributed by atoms with Gasteiger partial charge in [0.15, 0.2) is 0 Å². The Bertz CT molecular complexity index is 874. The number of hydrogen-bond acceptors (Lipinski definition) is 4. The van der Waals surface area contributed by atoms with Crippen molar-refractivity contribution in [3.63, 3.8) is 0 Å². The largest absolute Gasteiger partial charge is 0.481 e. The molecular weight excluding hydrogens is 388 g/mol. The van der Waals surface area contributed by atoms with Gasteiger partial charge in [-0.05, 0) is 55.4 Å². The summed E-state index contributed by atoms with van der Waals surface area (Å²) in [6.07, 6.45) is 10.6. The van der Waals surface area contributed by atoms with Crippen LogP contribution in [0.25, 0.3) is 0 Å². The van der Waals surface area contributed by atoms with E-state index in [1.165, 1.54) is 11.3 Å². The molecule has 4 aliphatic rings. The first kappa shape index (κ1) is 20.1. The Morgan fingerprint density at radius 1 is 1.17 bits per heavy atom. The van der Waals surface area contributed by atoms with E-state index >= 15 is 0 Å². The molecule has 0 aromatic carbocycles. The van der Waals surface area contributed by atoms with Gasteiger partial charge in [0, 0.05) is 4.88 Å². The molecule has 1 saturated carbocycles. The van der Waals surface area contributed by atoms with Gasteiger partial charge in [-0.3, -0.25) is 14.4 Å². The summed E-state index contributed by atoms with van der Waals surface area (Å²) >= 11 is 1.44. The number of aliphatic carboxylic acids is 1. The number of allylic oxidation sites excluding steroid dienone is 2. The molecule has 7 heteroatoms. The second kappa shape index (κ2) is 7.94. The van der Waals surface area contributed by atoms with Gasteiger partial charge in [0.1, 0.15) is 5.00 Å². The second-order valence-electron chi connectivity index (χ2n) is 8.64. The lowest BCUT2D eigenvalue weighted by Gasteiger charge is -2.41. The highest BCUT2D eigenvalue weighted by Crippen LogP contribution is 2.46. The van der Waals surface area contributed by atoms with E-state index in [1.807, 2.05) is 12.2 Å². The molecule has 5 rings (SSSR count). The summed E-state index contributed by atoms with van der Waals surface area (Å²) in [7, 11) is 0. The van der Waals surface area contributed by atoms with Gasteiger partial charge in [0.25, 0.3) is 5.91 Å². The molecule has 0 unspecified atom stereocenters. The lowest BCUT2D eigenvalue weighted by molar-refractivity contribution is -0.151. The molecule has 0 saturated heterocycles. The number of hydrogen-bond donors (Lipinski definition) is 3. The smallest absolute Gasteiger partial charge is 0.307 e. The van der Waals surface area contributed by atoms with E-state index in [0.717, 1.165) is 55.4 Å². The number of primary amides is 1. The van der Waals surface area contributed by atoms with Crippen molar-refractivity contribution in [2.24, 2.45) is 35.3 Å². The van der Waals surface area contributed by atoms with Crippen LogP contribution in [-0.2, 0) is 22.4 Å². The van der Waals surface area contributed by atoms with Crippen LogP contribution in [0, 0.1) is 29.6 Å². The molecule has 0 spiro atoms. The fraction of sp³-hybridized carbons (Fsp3) is 0.591. The molecule has 2 amide bonds. The standard InChI is InChI=1S/C22H28N2O4S/c1-2-3-11-4-9-14-15(10-11)29-21(18(14)19(23)25)24-20(26)16-12-5-7-13(8-6-12)17(16)22(27)28/h5,7,11-13,16-17H,2-4,6,8-10H2,1H3,(H2,23,25)(H,24,26)(H,27,28)/t11-,12-,13+,16+,17+/m1/s1. The van der Waals surface area contributed by atoms with Crippen LogP contribution in [-0.4, -0.2) is 22.9 Å². The quantitative estimate of drug-likeness (QED) is 0.615. The minimum Gasteiger partial charge on any atom is -0.481 e. The number of nitrogens with two attached hydrogens (primary N) is 1. The van der Waals surface area contributed by atoms with Gasteiger partial charge in [0.2, 0.25) is 5.91 Å². The molecule has 0 aliphatic heterocycles. The molecule has 29 heavy (non-hydrogen) atoms. The number of carbonyl (C=O) groups excluding carboxylic acids is 2. The van der Waals surface area contributed by atoms with Crippen LogP contribution in [0.5, 0.6) is 0 Å². The first-order chi connectivity index (χ1) is 13.9. The minimum absolute atomic E-state index is 0.0679. The molecule has 1 aromatic rings. The minimum atomic E-state index is -0.924. The Hall–Kier alpha value is -2.15. The van der Waals surface area contributed by atoms with Crippen molar-refractivity contribution in [3.05, 3.63) is 28.2 Å². The topological polar surface area (TPSA) is 109 Å². The highest BCUT2D eigenvalue weighted by molar-refractivity contribution is 7.17. The van der Waals surface area contributed by atoms with Gasteiger partial charge in [-0.1, -0.05) is 31.9 Å². The number of fused-ring (bicyclic) bond motifs is 3. The number of anilines is 1. The molecule has 1 heterocycles. The average Bonchev–Trinajstić information content (AvgIpc) is 3.05. The molecule has 0 radical (unpaired) electrons. The summed E-state index contributed by atoms with van der Waals surface area (Å²) in [5.41, 5.74) is 7.08. The van der Waals surface area contributed by atoms with Gasteiger partial charge in [-0.2, -0.15) is 0 Å². The lowest BCUT2D eigenvalue weighted by Crippen LogP contribution is -2.47. The molecule has 1 fully saturated rings. The maximum atomic E-state index is 13.2. The van der Waals surface area contributed by atoms with Crippen LogP contribution < -0.4 is 11.1 Å². The van der Waals surface area contributed by atoms with Crippen LogP contribution in [0.3, 0.4) is 0 Å². The highest BCUT2D eigenvalue weighted by atomic mass is 32.1. The van der Waals surface area contributed by atoms with Crippen molar-refractivity contribution >= 4 is 34.1 Å². The molecule has 4 N–H and O–H groups in total. The Labute approximate surface area is 174 Å². The Morgan fingerprint density at radius 2 is 1.86 bits per heavy atom. The summed E-state index contributed by atoms with van der Waals surface area (Å²) in [6.45, 7) is 2.18. The van der Waals surface area contributed by atoms with Crippen LogP contribution >= 0.6 is 11.3 Å². The number of nitrogens with one attached hydrogen (secondary N) is 1. The summed E-state index contributed by atoms with van der Waals surface area (Å²) in [5, 5.41) is 13.1. The predicted molar refractivity (Wildman–Crippen MR) is 112 cm³/mol. The van der Waals surface area contributed by atoms with Crippen molar-refractivity contribution in [1.29, 1.82) is 0 Å². The molecule has 4 aliphatic carbocycles. The monoisotopic (exact) mass is 416 g/mol. The van der Waals surface area contributed by atoms with Gasteiger partial charge >= 0.3 is 5.97 Å². The van der Waals surface area contributed by atoms with Crippen molar-refractivity contribution < 1.29 is 19.5 Å². The second-order valence-corrected chi connectivity index (χ2v) is 9.74. The first-order valence-electron chi connectivity index (χ1n) is 10.6. The fourth-order valence-electron chi connectivity index (χ4n) is 5.54. The van der Waals surface area contributed by atoms with Crippen LogP contribution in [0.1, 0.15) is 59.8 Å². The van der Waals surface area contributed by atoms with Gasteiger partial charge in [0.05, 0.1) is 17.4 Å². The number of amides is 2. The molecule has 5 atom stereocenters. The zero-order valence-corrected chi connectivity index (χ0v) is 17.5. The van der Waals surface area contributed by atoms with E-state index in [4.69, 9.17) is 5.73 Å². The Morgan fingerprint density at radius 3 is 2.45 bits per heavy atom. The van der Waals surface area contributed by atoms with Crippen molar-refractivity contribution in [2.45, 2.75) is 51.9 Å². The van der Waals surface area contributed by atoms with Crippen molar-refractivity contribution in [3.8, 4) is 0 Å². The Kier molecular flexibility index (Phi) is 5.51. The number of carboxylic acid groups (broad SMARTS) is 1. The van der Waals surface area contributed by atoms with E-state index < -0.39 is 23.7 Å². The van der Waals surface area contributed by atoms with Crippen LogP contribution in [0.15, 0.2) is 12.2 Å². The predicted octanol–water partition coefficient (Wildman–Crippen LogP) is 3.60. The summed E-state index contributed by atoms with van der Waals surface area (Å²) in [5.74, 6) is -2.63. The van der Waals surface area contributed by atoms with Crippen LogP contribution in [0.2, 0.25) is 0 Å². The maximum Gasteiger partial charge on any atom is 0.307 e. The summed E-state index contributed by atoms with van der Waals surface area (Å²) < 4.78 is 0. The SMILES string of the molecule is CCC[C@@H]1CCc2c(sc(NC(=O)[C@@H]3[C@@H](C(=O)O)[C@H]4C=C[C@@H]3CC4)c2C(N)=O)C1. The highest BCUT2D eigenvalue weighted by Gasteiger charge is 2.48. The molecule has 6 nitrogen and oxygen atoms in total. The number of carboxylic acids is 1. The maximum absolute atomic E-state index is 13.2. The van der Waals surface area contributed by atoms with E-state index in [0.29, 0.717) is 16.5 Å². The van der Waals surface area contributed by atoms with Gasteiger partial charge in [-0.25, -0.2) is 0 Å². The Balaban J connectivity index is 1.61. The summed E-state index contributed by atoms with van der Waals surface area (Å²) in [4.78, 5) is 38.4. The van der Waals surface area contributed by atoms with E-state index in [2.05, 4.69) is 12.2 Å². The molecule has 2 bridgehead atoms. The van der Waals surface area contributed by atoms with Crippen LogP contribution in [0.4, 0.5) is 5.00 Å². The zero-order chi connectivity index (χ0) is 20.7.